The van der Waals surface area contributed by atoms with Crippen LogP contribution in [-0.2, 0) is 16.1 Å². The highest BCUT2D eigenvalue weighted by Crippen LogP contribution is 2.32. The highest BCUT2D eigenvalue weighted by molar-refractivity contribution is 6.31. The highest BCUT2D eigenvalue weighted by Gasteiger charge is 2.39. The van der Waals surface area contributed by atoms with Gasteiger partial charge in [0.1, 0.15) is 6.04 Å². The summed E-state index contributed by atoms with van der Waals surface area (Å²) in [6, 6.07) is 10.7. The molecule has 0 saturated carbocycles. The summed E-state index contributed by atoms with van der Waals surface area (Å²) in [5, 5.41) is 6.04. The average molecular weight is 451 g/mol. The number of carbonyl (C=O) groups excluding carboxylic acids is 3. The molecule has 9 heteroatoms. The van der Waals surface area contributed by atoms with Gasteiger partial charge in [0.15, 0.2) is 5.76 Å². The fraction of sp³-hybridized carbons (Fsp3) is 0.217. The summed E-state index contributed by atoms with van der Waals surface area (Å²) in [6.45, 7) is 2.23. The molecule has 8 nitrogen and oxygen atoms in total. The molecule has 2 aliphatic rings. The first-order valence-electron chi connectivity index (χ1n) is 10.2. The number of benzene rings is 2. The zero-order valence-corrected chi connectivity index (χ0v) is 17.9. The molecule has 1 saturated heterocycles. The van der Waals surface area contributed by atoms with Gasteiger partial charge < -0.3 is 14.6 Å². The highest BCUT2D eigenvalue weighted by atomic mass is 35.5. The number of halogens is 1. The molecule has 1 unspecified atom stereocenters. The van der Waals surface area contributed by atoms with Gasteiger partial charge in [0.25, 0.3) is 11.9 Å². The number of amides is 3. The standard InChI is InChI=1S/C23H19ClN4O4/c1-12-2-4-15(9-17(12)24)26-23-25-10-19(32-23)13-3-5-16-14(8-13)11-28(22(16)31)18-6-7-20(29)27-21(18)30/h2-5,8-10,18H,6-7,11H2,1H3,(H,25,26)(H,27,29,30). The fourth-order valence-corrected chi connectivity index (χ4v) is 4.17. The number of aryl methyl sites for hydroxylation is 1. The number of nitrogens with one attached hydrogen (secondary N) is 2. The van der Waals surface area contributed by atoms with E-state index in [0.29, 0.717) is 35.3 Å². The number of carbonyl (C=O) groups is 3. The molecule has 162 valence electrons. The Bertz CT molecular complexity index is 1270. The van der Waals surface area contributed by atoms with Gasteiger partial charge in [-0.2, -0.15) is 0 Å². The topological polar surface area (TPSA) is 105 Å². The van der Waals surface area contributed by atoms with Crippen LogP contribution in [0.25, 0.3) is 11.3 Å². The molecule has 1 atom stereocenters. The Morgan fingerprint density at radius 3 is 2.81 bits per heavy atom. The van der Waals surface area contributed by atoms with Crippen molar-refractivity contribution < 1.29 is 18.8 Å². The Morgan fingerprint density at radius 2 is 2.03 bits per heavy atom. The molecule has 5 rings (SSSR count). The summed E-state index contributed by atoms with van der Waals surface area (Å²) >= 11 is 6.17. The summed E-state index contributed by atoms with van der Waals surface area (Å²) in [5.74, 6) is -0.400. The van der Waals surface area contributed by atoms with Crippen molar-refractivity contribution in [2.75, 3.05) is 5.32 Å². The summed E-state index contributed by atoms with van der Waals surface area (Å²) in [6.07, 6.45) is 2.16. The Kier molecular flexibility index (Phi) is 4.94. The number of rotatable bonds is 4. The quantitative estimate of drug-likeness (QED) is 0.586. The first-order valence-corrected chi connectivity index (χ1v) is 10.5. The minimum atomic E-state index is -0.640. The van der Waals surface area contributed by atoms with Crippen LogP contribution in [0, 0.1) is 6.92 Å². The van der Waals surface area contributed by atoms with Gasteiger partial charge in [0.05, 0.1) is 6.20 Å². The molecule has 3 aromatic rings. The molecule has 1 aromatic heterocycles. The second-order valence-electron chi connectivity index (χ2n) is 7.89. The Morgan fingerprint density at radius 1 is 1.19 bits per heavy atom. The minimum absolute atomic E-state index is 0.211. The van der Waals surface area contributed by atoms with Crippen molar-refractivity contribution >= 4 is 41.0 Å². The second kappa shape index (κ2) is 7.80. The lowest BCUT2D eigenvalue weighted by atomic mass is 10.0. The molecule has 3 heterocycles. The lowest BCUT2D eigenvalue weighted by Crippen LogP contribution is -2.52. The van der Waals surface area contributed by atoms with E-state index in [1.54, 1.807) is 24.4 Å². The third kappa shape index (κ3) is 3.62. The number of hydrogen-bond donors (Lipinski definition) is 2. The number of anilines is 2. The van der Waals surface area contributed by atoms with Crippen molar-refractivity contribution in [2.24, 2.45) is 0 Å². The molecule has 3 amide bonds. The van der Waals surface area contributed by atoms with Crippen LogP contribution in [0.3, 0.4) is 0 Å². The Hall–Kier alpha value is -3.65. The third-order valence-electron chi connectivity index (χ3n) is 5.74. The van der Waals surface area contributed by atoms with Crippen LogP contribution >= 0.6 is 11.6 Å². The lowest BCUT2D eigenvalue weighted by Gasteiger charge is -2.29. The normalized spacial score (nSPS) is 18.0. The molecule has 0 radical (unpaired) electrons. The van der Waals surface area contributed by atoms with Gasteiger partial charge >= 0.3 is 0 Å². The molecule has 32 heavy (non-hydrogen) atoms. The maximum absolute atomic E-state index is 12.8. The van der Waals surface area contributed by atoms with E-state index in [0.717, 1.165) is 22.4 Å². The van der Waals surface area contributed by atoms with Crippen LogP contribution in [0.2, 0.25) is 5.02 Å². The van der Waals surface area contributed by atoms with Gasteiger partial charge in [-0.25, -0.2) is 4.98 Å². The van der Waals surface area contributed by atoms with Crippen LogP contribution in [0.5, 0.6) is 0 Å². The molecular formula is C23H19ClN4O4. The summed E-state index contributed by atoms with van der Waals surface area (Å²) in [5.41, 5.74) is 3.85. The average Bonchev–Trinajstić information content (AvgIpc) is 3.35. The number of aromatic nitrogens is 1. The number of piperidine rings is 1. The van der Waals surface area contributed by atoms with Gasteiger partial charge in [0.2, 0.25) is 11.8 Å². The molecule has 2 N–H and O–H groups in total. The van der Waals surface area contributed by atoms with Crippen molar-refractivity contribution in [1.82, 2.24) is 15.2 Å². The summed E-state index contributed by atoms with van der Waals surface area (Å²) < 4.78 is 5.84. The van der Waals surface area contributed by atoms with E-state index in [1.807, 2.05) is 25.1 Å². The summed E-state index contributed by atoms with van der Waals surface area (Å²) in [7, 11) is 0. The maximum atomic E-state index is 12.8. The van der Waals surface area contributed by atoms with Crippen molar-refractivity contribution in [3.8, 4) is 11.3 Å². The van der Waals surface area contributed by atoms with Gasteiger partial charge in [-0.3, -0.25) is 19.7 Å². The molecule has 2 aliphatic heterocycles. The van der Waals surface area contributed by atoms with E-state index >= 15 is 0 Å². The summed E-state index contributed by atoms with van der Waals surface area (Å²) in [4.78, 5) is 42.2. The third-order valence-corrected chi connectivity index (χ3v) is 6.14. The molecule has 0 aliphatic carbocycles. The van der Waals surface area contributed by atoms with Crippen LogP contribution in [0.4, 0.5) is 11.7 Å². The molecule has 1 fully saturated rings. The first kappa shape index (κ1) is 20.3. The van der Waals surface area contributed by atoms with Crippen molar-refractivity contribution in [2.45, 2.75) is 32.4 Å². The predicted octanol–water partition coefficient (Wildman–Crippen LogP) is 3.81. The Balaban J connectivity index is 1.35. The largest absolute Gasteiger partial charge is 0.423 e. The number of hydrogen-bond acceptors (Lipinski definition) is 6. The Labute approximate surface area is 188 Å². The smallest absolute Gasteiger partial charge is 0.299 e. The van der Waals surface area contributed by atoms with Gasteiger partial charge in [0, 0.05) is 34.8 Å². The number of imide groups is 1. The van der Waals surface area contributed by atoms with E-state index in [2.05, 4.69) is 15.6 Å². The van der Waals surface area contributed by atoms with Crippen LogP contribution in [0.1, 0.15) is 34.3 Å². The maximum Gasteiger partial charge on any atom is 0.299 e. The molecule has 0 bridgehead atoms. The number of oxazole rings is 1. The zero-order chi connectivity index (χ0) is 22.4. The van der Waals surface area contributed by atoms with Gasteiger partial charge in [-0.05, 0) is 48.7 Å². The molecule has 0 spiro atoms. The van der Waals surface area contributed by atoms with E-state index in [1.165, 1.54) is 4.90 Å². The molecule has 2 aromatic carbocycles. The number of nitrogens with zero attached hydrogens (tertiary/aromatic N) is 2. The van der Waals surface area contributed by atoms with E-state index in [9.17, 15) is 14.4 Å². The monoisotopic (exact) mass is 450 g/mol. The second-order valence-corrected chi connectivity index (χ2v) is 8.30. The van der Waals surface area contributed by atoms with Gasteiger partial charge in [-0.15, -0.1) is 0 Å². The molecular weight excluding hydrogens is 432 g/mol. The van der Waals surface area contributed by atoms with Crippen LogP contribution in [-0.4, -0.2) is 33.6 Å². The van der Waals surface area contributed by atoms with Crippen molar-refractivity contribution in [3.05, 3.63) is 64.3 Å². The van der Waals surface area contributed by atoms with Gasteiger partial charge in [-0.1, -0.05) is 23.7 Å². The van der Waals surface area contributed by atoms with Crippen LogP contribution in [0.15, 0.2) is 47.0 Å². The zero-order valence-electron chi connectivity index (χ0n) is 17.1. The minimum Gasteiger partial charge on any atom is -0.423 e. The van der Waals surface area contributed by atoms with E-state index in [4.69, 9.17) is 16.0 Å². The van der Waals surface area contributed by atoms with Crippen molar-refractivity contribution in [1.29, 1.82) is 0 Å². The SMILES string of the molecule is Cc1ccc(Nc2ncc(-c3ccc4c(c3)CN(C3CCC(=O)NC3=O)C4=O)o2)cc1Cl. The van der Waals surface area contributed by atoms with E-state index < -0.39 is 11.9 Å². The first-order chi connectivity index (χ1) is 15.4. The number of fused-ring (bicyclic) bond motifs is 1. The van der Waals surface area contributed by atoms with Crippen molar-refractivity contribution in [3.63, 3.8) is 0 Å². The lowest BCUT2D eigenvalue weighted by molar-refractivity contribution is -0.136. The fourth-order valence-electron chi connectivity index (χ4n) is 3.99. The van der Waals surface area contributed by atoms with E-state index in [-0.39, 0.29) is 18.2 Å². The van der Waals surface area contributed by atoms with Crippen LogP contribution < -0.4 is 10.6 Å². The predicted molar refractivity (Wildman–Crippen MR) is 117 cm³/mol.